The summed E-state index contributed by atoms with van der Waals surface area (Å²) in [6, 6.07) is 5.16. The van der Waals surface area contributed by atoms with Gasteiger partial charge in [-0.2, -0.15) is 0 Å². The standard InChI is InChI=1S/C16H26N2O3/c1-5-6-9-20-15-10-13(17)7-8-14(15)16(19)21-11-12(2)18(3)4/h7-8,10,12H,5-6,9,11,17H2,1-4H3/t12-/m0/s1. The number of rotatable bonds is 8. The van der Waals surface area contributed by atoms with Crippen molar-refractivity contribution in [2.24, 2.45) is 0 Å². The van der Waals surface area contributed by atoms with Crippen molar-refractivity contribution in [3.63, 3.8) is 0 Å². The second-order valence-corrected chi connectivity index (χ2v) is 5.37. The van der Waals surface area contributed by atoms with Gasteiger partial charge in [0.05, 0.1) is 6.61 Å². The fourth-order valence-corrected chi connectivity index (χ4v) is 1.58. The monoisotopic (exact) mass is 294 g/mol. The molecular weight excluding hydrogens is 268 g/mol. The maximum Gasteiger partial charge on any atom is 0.341 e. The number of nitrogens with two attached hydrogens (primary N) is 1. The number of esters is 1. The Kier molecular flexibility index (Phi) is 7.02. The molecule has 21 heavy (non-hydrogen) atoms. The number of carbonyl (C=O) groups excluding carboxylic acids is 1. The molecule has 5 heteroatoms. The highest BCUT2D eigenvalue weighted by Gasteiger charge is 2.16. The van der Waals surface area contributed by atoms with E-state index < -0.39 is 0 Å². The molecule has 0 aliphatic heterocycles. The third kappa shape index (κ3) is 5.63. The summed E-state index contributed by atoms with van der Waals surface area (Å²) in [6.45, 7) is 4.98. The molecule has 0 heterocycles. The Balaban J connectivity index is 2.73. The van der Waals surface area contributed by atoms with Crippen molar-refractivity contribution in [1.29, 1.82) is 0 Å². The van der Waals surface area contributed by atoms with Crippen molar-refractivity contribution in [2.45, 2.75) is 32.7 Å². The van der Waals surface area contributed by atoms with Crippen molar-refractivity contribution < 1.29 is 14.3 Å². The fraction of sp³-hybridized carbons (Fsp3) is 0.562. The first-order valence-corrected chi connectivity index (χ1v) is 7.31. The summed E-state index contributed by atoms with van der Waals surface area (Å²) in [4.78, 5) is 14.2. The van der Waals surface area contributed by atoms with E-state index in [1.54, 1.807) is 18.2 Å². The van der Waals surface area contributed by atoms with Gasteiger partial charge >= 0.3 is 5.97 Å². The molecule has 0 radical (unpaired) electrons. The van der Waals surface area contributed by atoms with Gasteiger partial charge in [0.15, 0.2) is 0 Å². The van der Waals surface area contributed by atoms with E-state index in [-0.39, 0.29) is 12.0 Å². The molecule has 118 valence electrons. The molecule has 1 aromatic rings. The molecular formula is C16H26N2O3. The first kappa shape index (κ1) is 17.3. The van der Waals surface area contributed by atoms with Crippen LogP contribution in [-0.4, -0.2) is 44.2 Å². The first-order valence-electron chi connectivity index (χ1n) is 7.31. The van der Waals surface area contributed by atoms with Gasteiger partial charge in [-0.05, 0) is 39.6 Å². The predicted molar refractivity (Wildman–Crippen MR) is 84.7 cm³/mol. The third-order valence-corrected chi connectivity index (χ3v) is 3.32. The van der Waals surface area contributed by atoms with Crippen LogP contribution >= 0.6 is 0 Å². The van der Waals surface area contributed by atoms with Gasteiger partial charge < -0.3 is 20.1 Å². The number of benzene rings is 1. The van der Waals surface area contributed by atoms with E-state index >= 15 is 0 Å². The first-order chi connectivity index (χ1) is 9.95. The highest BCUT2D eigenvalue weighted by molar-refractivity contribution is 5.93. The van der Waals surface area contributed by atoms with E-state index in [1.165, 1.54) is 0 Å². The second-order valence-electron chi connectivity index (χ2n) is 5.37. The van der Waals surface area contributed by atoms with Crippen molar-refractivity contribution in [3.05, 3.63) is 23.8 Å². The molecule has 0 amide bonds. The van der Waals surface area contributed by atoms with Crippen LogP contribution in [0.4, 0.5) is 5.69 Å². The second kappa shape index (κ2) is 8.52. The highest BCUT2D eigenvalue weighted by Crippen LogP contribution is 2.23. The number of carbonyl (C=O) groups is 1. The van der Waals surface area contributed by atoms with Gasteiger partial charge in [-0.3, -0.25) is 0 Å². The fourth-order valence-electron chi connectivity index (χ4n) is 1.58. The van der Waals surface area contributed by atoms with Crippen LogP contribution in [0.1, 0.15) is 37.0 Å². The zero-order chi connectivity index (χ0) is 15.8. The minimum absolute atomic E-state index is 0.159. The van der Waals surface area contributed by atoms with Crippen molar-refractivity contribution in [2.75, 3.05) is 33.0 Å². The number of likely N-dealkylation sites (N-methyl/N-ethyl adjacent to an activating group) is 1. The summed E-state index contributed by atoms with van der Waals surface area (Å²) < 4.78 is 11.0. The average molecular weight is 294 g/mol. The maximum absolute atomic E-state index is 12.2. The molecule has 1 rings (SSSR count). The number of anilines is 1. The molecule has 0 saturated carbocycles. The molecule has 2 N–H and O–H groups in total. The summed E-state index contributed by atoms with van der Waals surface area (Å²) in [6.07, 6.45) is 1.96. The van der Waals surface area contributed by atoms with Gasteiger partial charge in [-0.15, -0.1) is 0 Å². The molecule has 0 aliphatic rings. The molecule has 0 unspecified atom stereocenters. The molecule has 0 bridgehead atoms. The Labute approximate surface area is 127 Å². The Morgan fingerprint density at radius 1 is 1.38 bits per heavy atom. The van der Waals surface area contributed by atoms with E-state index in [4.69, 9.17) is 15.2 Å². The van der Waals surface area contributed by atoms with Crippen molar-refractivity contribution >= 4 is 11.7 Å². The van der Waals surface area contributed by atoms with E-state index in [1.807, 2.05) is 25.9 Å². The summed E-state index contributed by atoms with van der Waals surface area (Å²) >= 11 is 0. The van der Waals surface area contributed by atoms with Crippen molar-refractivity contribution in [1.82, 2.24) is 4.90 Å². The van der Waals surface area contributed by atoms with Crippen molar-refractivity contribution in [3.8, 4) is 5.75 Å². The molecule has 0 aliphatic carbocycles. The van der Waals surface area contributed by atoms with E-state index in [9.17, 15) is 4.79 Å². The van der Waals surface area contributed by atoms with Crippen LogP contribution in [0.5, 0.6) is 5.75 Å². The number of nitrogen functional groups attached to an aromatic ring is 1. The molecule has 0 aromatic heterocycles. The minimum Gasteiger partial charge on any atom is -0.493 e. The quantitative estimate of drug-likeness (QED) is 0.453. The lowest BCUT2D eigenvalue weighted by Crippen LogP contribution is -2.30. The highest BCUT2D eigenvalue weighted by atomic mass is 16.5. The number of unbranched alkanes of at least 4 members (excludes halogenated alkanes) is 1. The Hall–Kier alpha value is -1.75. The predicted octanol–water partition coefficient (Wildman–Crippen LogP) is 2.55. The topological polar surface area (TPSA) is 64.8 Å². The van der Waals surface area contributed by atoms with Gasteiger partial charge in [0.2, 0.25) is 0 Å². The Bertz CT molecular complexity index is 461. The zero-order valence-electron chi connectivity index (χ0n) is 13.4. The van der Waals surface area contributed by atoms with E-state index in [0.717, 1.165) is 12.8 Å². The summed E-state index contributed by atoms with van der Waals surface area (Å²) in [5.41, 5.74) is 6.75. The lowest BCUT2D eigenvalue weighted by atomic mass is 10.2. The van der Waals surface area contributed by atoms with Crippen LogP contribution in [0.2, 0.25) is 0 Å². The summed E-state index contributed by atoms with van der Waals surface area (Å²) in [5, 5.41) is 0. The lowest BCUT2D eigenvalue weighted by molar-refractivity contribution is 0.0412. The normalized spacial score (nSPS) is 12.2. The van der Waals surface area contributed by atoms with Crippen LogP contribution in [0.15, 0.2) is 18.2 Å². The van der Waals surface area contributed by atoms with Gasteiger partial charge in [0.1, 0.15) is 17.9 Å². The third-order valence-electron chi connectivity index (χ3n) is 3.32. The van der Waals surface area contributed by atoms with Crippen LogP contribution in [0.25, 0.3) is 0 Å². The van der Waals surface area contributed by atoms with Gasteiger partial charge in [0.25, 0.3) is 0 Å². The molecule has 1 aromatic carbocycles. The van der Waals surface area contributed by atoms with Gasteiger partial charge in [-0.1, -0.05) is 13.3 Å². The molecule has 1 atom stereocenters. The molecule has 0 saturated heterocycles. The van der Waals surface area contributed by atoms with Gasteiger partial charge in [-0.25, -0.2) is 4.79 Å². The molecule has 0 fully saturated rings. The SMILES string of the molecule is CCCCOc1cc(N)ccc1C(=O)OC[C@H](C)N(C)C. The molecule has 5 nitrogen and oxygen atoms in total. The van der Waals surface area contributed by atoms with Crippen LogP contribution in [-0.2, 0) is 4.74 Å². The number of hydrogen-bond acceptors (Lipinski definition) is 5. The number of ether oxygens (including phenoxy) is 2. The van der Waals surface area contributed by atoms with Crippen LogP contribution < -0.4 is 10.5 Å². The number of nitrogens with zero attached hydrogens (tertiary/aromatic N) is 1. The summed E-state index contributed by atoms with van der Waals surface area (Å²) in [7, 11) is 3.89. The van der Waals surface area contributed by atoms with Crippen LogP contribution in [0, 0.1) is 0 Å². The largest absolute Gasteiger partial charge is 0.493 e. The zero-order valence-corrected chi connectivity index (χ0v) is 13.4. The molecule has 0 spiro atoms. The van der Waals surface area contributed by atoms with E-state index in [0.29, 0.717) is 30.2 Å². The van der Waals surface area contributed by atoms with E-state index in [2.05, 4.69) is 6.92 Å². The summed E-state index contributed by atoms with van der Waals surface area (Å²) in [5.74, 6) is 0.112. The average Bonchev–Trinajstić information content (AvgIpc) is 2.44. The smallest absolute Gasteiger partial charge is 0.341 e. The Morgan fingerprint density at radius 2 is 2.10 bits per heavy atom. The van der Waals surface area contributed by atoms with Crippen LogP contribution in [0.3, 0.4) is 0 Å². The minimum atomic E-state index is -0.379. The lowest BCUT2D eigenvalue weighted by Gasteiger charge is -2.19. The van der Waals surface area contributed by atoms with Gasteiger partial charge in [0, 0.05) is 17.8 Å². The maximum atomic E-state index is 12.2. The number of hydrogen-bond donors (Lipinski definition) is 1. The Morgan fingerprint density at radius 3 is 2.71 bits per heavy atom.